The predicted molar refractivity (Wildman–Crippen MR) is 86.0 cm³/mol. The highest BCUT2D eigenvalue weighted by Crippen LogP contribution is 2.20. The number of carbonyl (C=O) groups excluding carboxylic acids is 1. The topological polar surface area (TPSA) is 58.6 Å². The Morgan fingerprint density at radius 2 is 2.04 bits per heavy atom. The Bertz CT molecular complexity index is 688. The molecule has 2 N–H and O–H groups in total. The van der Waals surface area contributed by atoms with Crippen molar-refractivity contribution in [3.8, 4) is 5.75 Å². The minimum atomic E-state index is -1.10. The number of halogens is 1. The van der Waals surface area contributed by atoms with Crippen molar-refractivity contribution in [3.63, 3.8) is 0 Å². The first-order chi connectivity index (χ1) is 11.0. The van der Waals surface area contributed by atoms with Crippen LogP contribution in [0.5, 0.6) is 5.75 Å². The van der Waals surface area contributed by atoms with Crippen LogP contribution in [0.4, 0.5) is 4.39 Å². The molecule has 1 atom stereocenters. The summed E-state index contributed by atoms with van der Waals surface area (Å²) in [6.45, 7) is 4.21. The summed E-state index contributed by atoms with van der Waals surface area (Å²) in [5, 5.41) is 12.6. The number of hydrogen-bond acceptors (Lipinski definition) is 3. The van der Waals surface area contributed by atoms with Gasteiger partial charge in [0.2, 0.25) is 0 Å². The third-order valence-electron chi connectivity index (χ3n) is 3.47. The summed E-state index contributed by atoms with van der Waals surface area (Å²) in [5.41, 5.74) is 1.53. The van der Waals surface area contributed by atoms with Crippen LogP contribution in [0, 0.1) is 12.7 Å². The molecule has 0 saturated carbocycles. The van der Waals surface area contributed by atoms with Gasteiger partial charge in [-0.1, -0.05) is 24.3 Å². The van der Waals surface area contributed by atoms with Gasteiger partial charge in [0, 0.05) is 17.7 Å². The van der Waals surface area contributed by atoms with Gasteiger partial charge < -0.3 is 15.2 Å². The van der Waals surface area contributed by atoms with Crippen LogP contribution in [0.2, 0.25) is 0 Å². The van der Waals surface area contributed by atoms with Crippen molar-refractivity contribution >= 4 is 5.91 Å². The lowest BCUT2D eigenvalue weighted by Crippen LogP contribution is -2.28. The molecule has 122 valence electrons. The second-order valence-electron chi connectivity index (χ2n) is 5.16. The van der Waals surface area contributed by atoms with Crippen molar-refractivity contribution in [3.05, 3.63) is 65.0 Å². The lowest BCUT2D eigenvalue weighted by Gasteiger charge is -2.14. The molecule has 0 aliphatic rings. The largest absolute Gasteiger partial charge is 0.494 e. The molecule has 0 heterocycles. The van der Waals surface area contributed by atoms with E-state index in [1.54, 1.807) is 30.3 Å². The molecule has 0 radical (unpaired) electrons. The Balaban J connectivity index is 2.02. The number of nitrogens with one attached hydrogen (secondary N) is 1. The number of aliphatic hydroxyl groups is 1. The second-order valence-corrected chi connectivity index (χ2v) is 5.16. The summed E-state index contributed by atoms with van der Waals surface area (Å²) in [4.78, 5) is 12.2. The van der Waals surface area contributed by atoms with E-state index < -0.39 is 11.9 Å². The van der Waals surface area contributed by atoms with E-state index in [4.69, 9.17) is 4.74 Å². The normalized spacial score (nSPS) is 11.8. The molecule has 1 amide bonds. The standard InChI is InChI=1S/C18H20FNO3/c1-3-23-17-10-13(9-8-12(17)2)18(22)20-11-16(21)14-6-4-5-7-15(14)19/h4-10,16,21H,3,11H2,1-2H3,(H,20,22). The first-order valence-electron chi connectivity index (χ1n) is 7.47. The Morgan fingerprint density at radius 1 is 1.30 bits per heavy atom. The molecule has 4 nitrogen and oxygen atoms in total. The number of ether oxygens (including phenoxy) is 1. The maximum atomic E-state index is 13.6. The zero-order chi connectivity index (χ0) is 16.8. The van der Waals surface area contributed by atoms with Crippen molar-refractivity contribution in [2.75, 3.05) is 13.2 Å². The number of carbonyl (C=O) groups is 1. The van der Waals surface area contributed by atoms with Gasteiger partial charge in [0.05, 0.1) is 12.7 Å². The average molecular weight is 317 g/mol. The maximum absolute atomic E-state index is 13.6. The highest BCUT2D eigenvalue weighted by molar-refractivity contribution is 5.94. The van der Waals surface area contributed by atoms with Crippen molar-refractivity contribution in [1.82, 2.24) is 5.32 Å². The molecule has 5 heteroatoms. The van der Waals surface area contributed by atoms with Crippen LogP contribution in [0.3, 0.4) is 0 Å². The van der Waals surface area contributed by atoms with Crippen LogP contribution < -0.4 is 10.1 Å². The zero-order valence-corrected chi connectivity index (χ0v) is 13.2. The molecular weight excluding hydrogens is 297 g/mol. The number of rotatable bonds is 6. The minimum absolute atomic E-state index is 0.0718. The van der Waals surface area contributed by atoms with Crippen LogP contribution in [-0.2, 0) is 0 Å². The number of aryl methyl sites for hydroxylation is 1. The number of hydrogen-bond donors (Lipinski definition) is 2. The van der Waals surface area contributed by atoms with E-state index >= 15 is 0 Å². The van der Waals surface area contributed by atoms with E-state index in [0.717, 1.165) is 5.56 Å². The Labute approximate surface area is 134 Å². The Morgan fingerprint density at radius 3 is 2.74 bits per heavy atom. The summed E-state index contributed by atoms with van der Waals surface area (Å²) in [5.74, 6) is -0.195. The molecule has 2 aromatic carbocycles. The molecule has 0 fully saturated rings. The SMILES string of the molecule is CCOc1cc(C(=O)NCC(O)c2ccccc2F)ccc1C. The summed E-state index contributed by atoms with van der Waals surface area (Å²) in [7, 11) is 0. The van der Waals surface area contributed by atoms with E-state index in [-0.39, 0.29) is 18.0 Å². The third kappa shape index (κ3) is 4.29. The van der Waals surface area contributed by atoms with Crippen molar-refractivity contribution < 1.29 is 19.0 Å². The summed E-state index contributed by atoms with van der Waals surface area (Å²) in [6, 6.07) is 11.1. The number of amides is 1. The zero-order valence-electron chi connectivity index (χ0n) is 13.2. The summed E-state index contributed by atoms with van der Waals surface area (Å²) in [6.07, 6.45) is -1.10. The molecule has 0 aliphatic carbocycles. The fraction of sp³-hybridized carbons (Fsp3) is 0.278. The van der Waals surface area contributed by atoms with Crippen molar-refractivity contribution in [2.24, 2.45) is 0 Å². The Hall–Kier alpha value is -2.40. The lowest BCUT2D eigenvalue weighted by molar-refractivity contribution is 0.0913. The van der Waals surface area contributed by atoms with Gasteiger partial charge in [-0.3, -0.25) is 4.79 Å². The van der Waals surface area contributed by atoms with E-state index in [9.17, 15) is 14.3 Å². The Kier molecular flexibility index (Phi) is 5.71. The molecule has 0 aromatic heterocycles. The van der Waals surface area contributed by atoms with Gasteiger partial charge >= 0.3 is 0 Å². The monoisotopic (exact) mass is 317 g/mol. The van der Waals surface area contributed by atoms with Gasteiger partial charge in [-0.2, -0.15) is 0 Å². The maximum Gasteiger partial charge on any atom is 0.251 e. The summed E-state index contributed by atoms with van der Waals surface area (Å²) < 4.78 is 19.0. The highest BCUT2D eigenvalue weighted by atomic mass is 19.1. The van der Waals surface area contributed by atoms with Crippen molar-refractivity contribution in [1.29, 1.82) is 0 Å². The van der Waals surface area contributed by atoms with Gasteiger partial charge in [0.15, 0.2) is 0 Å². The number of benzene rings is 2. The molecule has 1 unspecified atom stereocenters. The van der Waals surface area contributed by atoms with Crippen LogP contribution in [0.25, 0.3) is 0 Å². The smallest absolute Gasteiger partial charge is 0.251 e. The van der Waals surface area contributed by atoms with Gasteiger partial charge in [0.25, 0.3) is 5.91 Å². The second kappa shape index (κ2) is 7.74. The van der Waals surface area contributed by atoms with Crippen LogP contribution >= 0.6 is 0 Å². The highest BCUT2D eigenvalue weighted by Gasteiger charge is 2.14. The molecule has 0 spiro atoms. The molecule has 0 aliphatic heterocycles. The number of aliphatic hydroxyl groups excluding tert-OH is 1. The predicted octanol–water partition coefficient (Wildman–Crippen LogP) is 3.00. The lowest BCUT2D eigenvalue weighted by atomic mass is 10.1. The first kappa shape index (κ1) is 17.0. The minimum Gasteiger partial charge on any atom is -0.494 e. The van der Waals surface area contributed by atoms with Gasteiger partial charge in [-0.05, 0) is 37.6 Å². The average Bonchev–Trinajstić information content (AvgIpc) is 2.55. The fourth-order valence-electron chi connectivity index (χ4n) is 2.20. The van der Waals surface area contributed by atoms with E-state index in [0.29, 0.717) is 17.9 Å². The molecule has 2 aromatic rings. The third-order valence-corrected chi connectivity index (χ3v) is 3.47. The van der Waals surface area contributed by atoms with Crippen LogP contribution in [0.15, 0.2) is 42.5 Å². The quantitative estimate of drug-likeness (QED) is 0.861. The van der Waals surface area contributed by atoms with Crippen LogP contribution in [0.1, 0.15) is 34.5 Å². The molecular formula is C18H20FNO3. The summed E-state index contributed by atoms with van der Waals surface area (Å²) >= 11 is 0. The van der Waals surface area contributed by atoms with E-state index in [1.165, 1.54) is 12.1 Å². The molecule has 0 saturated heterocycles. The molecule has 2 rings (SSSR count). The molecule has 23 heavy (non-hydrogen) atoms. The fourth-order valence-corrected chi connectivity index (χ4v) is 2.20. The van der Waals surface area contributed by atoms with Crippen molar-refractivity contribution in [2.45, 2.75) is 20.0 Å². The molecule has 0 bridgehead atoms. The van der Waals surface area contributed by atoms with Gasteiger partial charge in [0.1, 0.15) is 11.6 Å². The van der Waals surface area contributed by atoms with Gasteiger partial charge in [-0.25, -0.2) is 4.39 Å². The first-order valence-corrected chi connectivity index (χ1v) is 7.47. The van der Waals surface area contributed by atoms with Gasteiger partial charge in [-0.15, -0.1) is 0 Å². The van der Waals surface area contributed by atoms with Crippen LogP contribution in [-0.4, -0.2) is 24.2 Å². The van der Waals surface area contributed by atoms with E-state index in [2.05, 4.69) is 5.32 Å². The van der Waals surface area contributed by atoms with E-state index in [1.807, 2.05) is 13.8 Å².